The average molecular weight is 320 g/mol. The Morgan fingerprint density at radius 1 is 1.08 bits per heavy atom. The van der Waals surface area contributed by atoms with Crippen LogP contribution in [0.2, 0.25) is 0 Å². The number of para-hydroxylation sites is 1. The molecule has 2 fully saturated rings. The summed E-state index contributed by atoms with van der Waals surface area (Å²) in [6.07, 6.45) is 4.82. The van der Waals surface area contributed by atoms with Gasteiger partial charge in [-0.05, 0) is 55.4 Å². The van der Waals surface area contributed by atoms with Gasteiger partial charge in [0.2, 0.25) is 0 Å². The fraction of sp³-hybridized carbons (Fsp3) is 0.368. The minimum Gasteiger partial charge on any atom is -0.507 e. The third-order valence-corrected chi connectivity index (χ3v) is 5.77. The second-order valence-electron chi connectivity index (χ2n) is 7.55. The first-order chi connectivity index (χ1) is 11.6. The number of aromatic nitrogens is 3. The minimum absolute atomic E-state index is 0.226. The van der Waals surface area contributed by atoms with Crippen molar-refractivity contribution in [1.82, 2.24) is 15.2 Å². The van der Waals surface area contributed by atoms with Crippen LogP contribution in [-0.4, -0.2) is 26.3 Å². The number of hydrogen-bond donors (Lipinski definition) is 3. The molecule has 122 valence electrons. The van der Waals surface area contributed by atoms with Crippen molar-refractivity contribution in [2.75, 3.05) is 0 Å². The third kappa shape index (κ3) is 2.04. The van der Waals surface area contributed by atoms with Crippen LogP contribution in [0, 0.1) is 5.41 Å². The van der Waals surface area contributed by atoms with E-state index >= 15 is 0 Å². The minimum atomic E-state index is 0.226. The number of hydrogen-bond acceptors (Lipinski definition) is 4. The van der Waals surface area contributed by atoms with Gasteiger partial charge in [-0.1, -0.05) is 12.1 Å². The maximum Gasteiger partial charge on any atom is 0.160 e. The number of aromatic amines is 1. The van der Waals surface area contributed by atoms with E-state index in [1.165, 1.54) is 31.4 Å². The quantitative estimate of drug-likeness (QED) is 0.676. The third-order valence-electron chi connectivity index (χ3n) is 5.77. The molecule has 2 aliphatic carbocycles. The molecular formula is C19H20N4O. The molecule has 0 bridgehead atoms. The van der Waals surface area contributed by atoms with Crippen molar-refractivity contribution in [3.05, 3.63) is 42.1 Å². The van der Waals surface area contributed by atoms with E-state index in [1.54, 1.807) is 12.1 Å². The molecular weight excluding hydrogens is 300 g/mol. The number of H-pyrrole nitrogens is 1. The van der Waals surface area contributed by atoms with Gasteiger partial charge in [0.05, 0.1) is 5.69 Å². The Labute approximate surface area is 139 Å². The smallest absolute Gasteiger partial charge is 0.160 e. The van der Waals surface area contributed by atoms with Crippen LogP contribution in [0.4, 0.5) is 0 Å². The summed E-state index contributed by atoms with van der Waals surface area (Å²) >= 11 is 0. The van der Waals surface area contributed by atoms with Crippen molar-refractivity contribution in [1.29, 1.82) is 0 Å². The molecule has 5 heteroatoms. The maximum atomic E-state index is 10.0. The average Bonchev–Trinajstić information content (AvgIpc) is 2.92. The number of fused-ring (bicyclic) bond motifs is 1. The van der Waals surface area contributed by atoms with Crippen LogP contribution in [-0.2, 0) is 0 Å². The SMILES string of the molecule is NC1CC2(C1)CC(c1cc3cc(-c4ccccc4O)nnc3[nH]1)C2. The number of benzene rings is 1. The number of aromatic hydroxyl groups is 1. The maximum absolute atomic E-state index is 10.0. The summed E-state index contributed by atoms with van der Waals surface area (Å²) in [7, 11) is 0. The highest BCUT2D eigenvalue weighted by atomic mass is 16.3. The normalized spacial score (nSPS) is 28.7. The summed E-state index contributed by atoms with van der Waals surface area (Å²) in [6.45, 7) is 0. The van der Waals surface area contributed by atoms with Crippen molar-refractivity contribution in [3.63, 3.8) is 0 Å². The molecule has 1 aromatic carbocycles. The molecule has 3 aromatic rings. The molecule has 2 saturated carbocycles. The van der Waals surface area contributed by atoms with E-state index < -0.39 is 0 Å². The first-order valence-corrected chi connectivity index (χ1v) is 8.52. The van der Waals surface area contributed by atoms with Gasteiger partial charge in [0.15, 0.2) is 5.65 Å². The van der Waals surface area contributed by atoms with E-state index in [2.05, 4.69) is 21.2 Å². The van der Waals surface area contributed by atoms with Crippen molar-refractivity contribution < 1.29 is 5.11 Å². The zero-order valence-corrected chi connectivity index (χ0v) is 13.4. The number of nitrogens with zero attached hydrogens (tertiary/aromatic N) is 2. The van der Waals surface area contributed by atoms with Gasteiger partial charge in [-0.15, -0.1) is 10.2 Å². The molecule has 0 amide bonds. The lowest BCUT2D eigenvalue weighted by atomic mass is 9.49. The van der Waals surface area contributed by atoms with Crippen LogP contribution in [0.25, 0.3) is 22.3 Å². The second kappa shape index (κ2) is 4.80. The van der Waals surface area contributed by atoms with Gasteiger partial charge in [0, 0.05) is 28.6 Å². The number of nitrogens with two attached hydrogens (primary N) is 1. The monoisotopic (exact) mass is 320 g/mol. The van der Waals surface area contributed by atoms with E-state index in [0.29, 0.717) is 28.6 Å². The topological polar surface area (TPSA) is 87.8 Å². The lowest BCUT2D eigenvalue weighted by Gasteiger charge is -2.56. The van der Waals surface area contributed by atoms with E-state index in [1.807, 2.05) is 18.2 Å². The largest absolute Gasteiger partial charge is 0.507 e. The van der Waals surface area contributed by atoms with Gasteiger partial charge >= 0.3 is 0 Å². The molecule has 0 aliphatic heterocycles. The molecule has 0 unspecified atom stereocenters. The van der Waals surface area contributed by atoms with Crippen LogP contribution in [0.1, 0.15) is 37.3 Å². The second-order valence-corrected chi connectivity index (χ2v) is 7.55. The van der Waals surface area contributed by atoms with Crippen LogP contribution in [0.3, 0.4) is 0 Å². The Hall–Kier alpha value is -2.40. The van der Waals surface area contributed by atoms with Gasteiger partial charge in [-0.2, -0.15) is 0 Å². The number of rotatable bonds is 2. The molecule has 0 radical (unpaired) electrons. The van der Waals surface area contributed by atoms with Crippen LogP contribution in [0.5, 0.6) is 5.75 Å². The first-order valence-electron chi connectivity index (χ1n) is 8.52. The summed E-state index contributed by atoms with van der Waals surface area (Å²) in [5, 5.41) is 19.6. The Balaban J connectivity index is 1.44. The Kier molecular flexibility index (Phi) is 2.80. The number of phenols is 1. The number of nitrogens with one attached hydrogen (secondary N) is 1. The van der Waals surface area contributed by atoms with Crippen molar-refractivity contribution in [2.45, 2.75) is 37.6 Å². The highest BCUT2D eigenvalue weighted by Gasteiger charge is 2.52. The molecule has 1 spiro atoms. The lowest BCUT2D eigenvalue weighted by molar-refractivity contribution is -0.00925. The van der Waals surface area contributed by atoms with E-state index in [0.717, 1.165) is 11.0 Å². The van der Waals surface area contributed by atoms with Gasteiger partial charge in [0.25, 0.3) is 0 Å². The molecule has 5 rings (SSSR count). The number of phenolic OH excluding ortho intramolecular Hbond substituents is 1. The van der Waals surface area contributed by atoms with Gasteiger partial charge < -0.3 is 15.8 Å². The molecule has 2 aliphatic rings. The molecule has 0 saturated heterocycles. The highest BCUT2D eigenvalue weighted by Crippen LogP contribution is 2.61. The van der Waals surface area contributed by atoms with Gasteiger partial charge in [0.1, 0.15) is 5.75 Å². The molecule has 24 heavy (non-hydrogen) atoms. The van der Waals surface area contributed by atoms with Gasteiger partial charge in [-0.3, -0.25) is 0 Å². The predicted octanol–water partition coefficient (Wildman–Crippen LogP) is 3.32. The van der Waals surface area contributed by atoms with Gasteiger partial charge in [-0.25, -0.2) is 0 Å². The summed E-state index contributed by atoms with van der Waals surface area (Å²) in [5.41, 5.74) is 9.94. The zero-order valence-electron chi connectivity index (χ0n) is 13.4. The Morgan fingerprint density at radius 3 is 2.62 bits per heavy atom. The fourth-order valence-corrected chi connectivity index (χ4v) is 4.59. The fourth-order valence-electron chi connectivity index (χ4n) is 4.59. The summed E-state index contributed by atoms with van der Waals surface area (Å²) in [6, 6.07) is 11.8. The zero-order chi connectivity index (χ0) is 16.3. The molecule has 0 atom stereocenters. The predicted molar refractivity (Wildman–Crippen MR) is 92.6 cm³/mol. The van der Waals surface area contributed by atoms with Crippen molar-refractivity contribution >= 4 is 11.0 Å². The van der Waals surface area contributed by atoms with E-state index in [-0.39, 0.29) is 5.75 Å². The van der Waals surface area contributed by atoms with Crippen molar-refractivity contribution in [2.24, 2.45) is 11.1 Å². The molecule has 4 N–H and O–H groups in total. The standard InChI is InChI=1S/C19H20N4O/c20-13-9-19(10-13)7-12(8-19)15-5-11-6-16(22-23-18(11)21-15)14-3-1-2-4-17(14)24/h1-6,12-13,24H,7-10,20H2,(H,21,23). The summed E-state index contributed by atoms with van der Waals surface area (Å²) < 4.78 is 0. The lowest BCUT2D eigenvalue weighted by Crippen LogP contribution is -2.52. The van der Waals surface area contributed by atoms with E-state index in [4.69, 9.17) is 5.73 Å². The van der Waals surface area contributed by atoms with E-state index in [9.17, 15) is 5.11 Å². The Morgan fingerprint density at radius 2 is 1.88 bits per heavy atom. The summed E-state index contributed by atoms with van der Waals surface area (Å²) in [5.74, 6) is 0.810. The van der Waals surface area contributed by atoms with Crippen molar-refractivity contribution in [3.8, 4) is 17.0 Å². The highest BCUT2D eigenvalue weighted by molar-refractivity contribution is 5.81. The van der Waals surface area contributed by atoms with Crippen LogP contribution in [0.15, 0.2) is 36.4 Å². The molecule has 2 heterocycles. The van der Waals surface area contributed by atoms with Crippen LogP contribution < -0.4 is 5.73 Å². The van der Waals surface area contributed by atoms with Crippen LogP contribution >= 0.6 is 0 Å². The summed E-state index contributed by atoms with van der Waals surface area (Å²) in [4.78, 5) is 3.42. The molecule has 2 aromatic heterocycles. The Bertz CT molecular complexity index is 918. The molecule has 5 nitrogen and oxygen atoms in total. The first kappa shape index (κ1) is 14.0.